The second kappa shape index (κ2) is 10.6. The van der Waals surface area contributed by atoms with E-state index in [1.165, 1.54) is 24.8 Å². The second-order valence-corrected chi connectivity index (χ2v) is 9.72. The number of hydrogen-bond donors (Lipinski definition) is 2. The molecule has 0 aliphatic carbocycles. The van der Waals surface area contributed by atoms with Crippen LogP contribution in [0.15, 0.2) is 85.4 Å². The van der Waals surface area contributed by atoms with E-state index >= 15 is 0 Å². The quantitative estimate of drug-likeness (QED) is 0.247. The molecule has 0 bridgehead atoms. The minimum Gasteiger partial charge on any atom is -0.335 e. The fourth-order valence-electron chi connectivity index (χ4n) is 5.21. The molecule has 0 unspecified atom stereocenters. The van der Waals surface area contributed by atoms with Gasteiger partial charge in [0.25, 0.3) is 0 Å². The summed E-state index contributed by atoms with van der Waals surface area (Å²) < 4.78 is 0. The highest BCUT2D eigenvalue weighted by atomic mass is 15.1. The molecule has 6 rings (SSSR count). The Morgan fingerprint density at radius 2 is 1.97 bits per heavy atom. The number of allylic oxidation sites excluding steroid dienone is 3. The molecule has 0 amide bonds. The number of nitrogens with zero attached hydrogens (tertiary/aromatic N) is 5. The van der Waals surface area contributed by atoms with Gasteiger partial charge in [0.05, 0.1) is 22.9 Å². The van der Waals surface area contributed by atoms with E-state index in [1.54, 1.807) is 12.4 Å². The van der Waals surface area contributed by atoms with Crippen molar-refractivity contribution in [1.82, 2.24) is 35.0 Å². The standard InChI is InChI=1S/C31H31N7/c1-3-21(20-38-14-8-5-9-15-38)16-22(4-2)23-11-12-27-24(17-23)30(37-36-27)31-34-28-19-32-18-25(29(28)35-31)26-10-6-7-13-33-26/h3-4,6-7,10-13,16-19H,1,5,8-9,14-15,20H2,2H3,(H,34,35)(H,36,37)/b21-16+,22-4+. The zero-order valence-corrected chi connectivity index (χ0v) is 21.6. The van der Waals surface area contributed by atoms with Gasteiger partial charge in [-0.3, -0.25) is 20.0 Å². The second-order valence-electron chi connectivity index (χ2n) is 9.72. The van der Waals surface area contributed by atoms with Crippen molar-refractivity contribution in [1.29, 1.82) is 0 Å². The number of H-pyrrole nitrogens is 2. The van der Waals surface area contributed by atoms with Crippen LogP contribution in [0.5, 0.6) is 0 Å². The zero-order chi connectivity index (χ0) is 25.9. The smallest absolute Gasteiger partial charge is 0.159 e. The predicted molar refractivity (Wildman–Crippen MR) is 154 cm³/mol. The number of nitrogens with one attached hydrogen (secondary N) is 2. The molecule has 1 fully saturated rings. The minimum atomic E-state index is 0.697. The van der Waals surface area contributed by atoms with Crippen LogP contribution in [-0.2, 0) is 0 Å². The SMILES string of the molecule is C=C/C(=C\C(=C/C)c1ccc2[nH]nc(-c3nc4c(-c5ccccn5)cncc4[nH]3)c2c1)CN1CCCCC1. The maximum absolute atomic E-state index is 4.94. The van der Waals surface area contributed by atoms with E-state index in [-0.39, 0.29) is 0 Å². The molecule has 1 aromatic carbocycles. The lowest BCUT2D eigenvalue weighted by Crippen LogP contribution is -2.31. The summed E-state index contributed by atoms with van der Waals surface area (Å²) in [7, 11) is 0. The number of hydrogen-bond acceptors (Lipinski definition) is 5. The molecule has 0 atom stereocenters. The zero-order valence-electron chi connectivity index (χ0n) is 21.6. The molecular weight excluding hydrogens is 470 g/mol. The normalized spacial score (nSPS) is 15.4. The number of imidazole rings is 1. The lowest BCUT2D eigenvalue weighted by atomic mass is 10.00. The number of aromatic amines is 2. The first-order valence-corrected chi connectivity index (χ1v) is 13.2. The minimum absolute atomic E-state index is 0.697. The molecule has 0 saturated carbocycles. The average molecular weight is 502 g/mol. The van der Waals surface area contributed by atoms with E-state index < -0.39 is 0 Å². The van der Waals surface area contributed by atoms with Crippen molar-refractivity contribution < 1.29 is 0 Å². The lowest BCUT2D eigenvalue weighted by Gasteiger charge is -2.26. The highest BCUT2D eigenvalue weighted by Gasteiger charge is 2.17. The van der Waals surface area contributed by atoms with Gasteiger partial charge in [-0.2, -0.15) is 5.10 Å². The molecule has 1 saturated heterocycles. The van der Waals surface area contributed by atoms with Gasteiger partial charge in [-0.05, 0) is 73.8 Å². The van der Waals surface area contributed by atoms with Crippen molar-refractivity contribution >= 4 is 27.5 Å². The fraction of sp³-hybridized carbons (Fsp3) is 0.226. The summed E-state index contributed by atoms with van der Waals surface area (Å²) in [5.74, 6) is 0.697. The van der Waals surface area contributed by atoms with Crippen molar-refractivity contribution in [3.63, 3.8) is 0 Å². The molecule has 38 heavy (non-hydrogen) atoms. The maximum Gasteiger partial charge on any atom is 0.159 e. The molecule has 7 nitrogen and oxygen atoms in total. The van der Waals surface area contributed by atoms with Crippen LogP contribution in [0.2, 0.25) is 0 Å². The largest absolute Gasteiger partial charge is 0.335 e. The molecule has 1 aliphatic heterocycles. The van der Waals surface area contributed by atoms with E-state index in [9.17, 15) is 0 Å². The van der Waals surface area contributed by atoms with Crippen molar-refractivity contribution in [2.45, 2.75) is 26.2 Å². The van der Waals surface area contributed by atoms with Gasteiger partial charge in [0.1, 0.15) is 11.2 Å². The van der Waals surface area contributed by atoms with Crippen LogP contribution in [0, 0.1) is 0 Å². The Bertz CT molecular complexity index is 1650. The first kappa shape index (κ1) is 24.0. The lowest BCUT2D eigenvalue weighted by molar-refractivity contribution is 0.248. The van der Waals surface area contributed by atoms with Crippen LogP contribution >= 0.6 is 0 Å². The third kappa shape index (κ3) is 4.68. The maximum atomic E-state index is 4.94. The summed E-state index contributed by atoms with van der Waals surface area (Å²) in [6.45, 7) is 9.44. The summed E-state index contributed by atoms with van der Waals surface area (Å²) in [5, 5.41) is 8.82. The Hall–Kier alpha value is -4.36. The Labute approximate surface area is 222 Å². The monoisotopic (exact) mass is 501 g/mol. The summed E-state index contributed by atoms with van der Waals surface area (Å²) >= 11 is 0. The van der Waals surface area contributed by atoms with Crippen LogP contribution in [-0.4, -0.2) is 54.7 Å². The molecule has 7 heteroatoms. The van der Waals surface area contributed by atoms with E-state index in [0.29, 0.717) is 5.82 Å². The van der Waals surface area contributed by atoms with E-state index in [4.69, 9.17) is 4.98 Å². The molecule has 0 spiro atoms. The number of benzene rings is 1. The van der Waals surface area contributed by atoms with E-state index in [0.717, 1.165) is 69.7 Å². The predicted octanol–water partition coefficient (Wildman–Crippen LogP) is 6.56. The summed E-state index contributed by atoms with van der Waals surface area (Å²) in [6, 6.07) is 12.2. The molecule has 5 heterocycles. The Morgan fingerprint density at radius 3 is 2.76 bits per heavy atom. The molecule has 4 aromatic heterocycles. The highest BCUT2D eigenvalue weighted by Crippen LogP contribution is 2.32. The number of piperidine rings is 1. The molecular formula is C31H31N7. The van der Waals surface area contributed by atoms with Gasteiger partial charge in [0, 0.05) is 29.9 Å². The van der Waals surface area contributed by atoms with Gasteiger partial charge in [0.15, 0.2) is 5.82 Å². The van der Waals surface area contributed by atoms with Crippen LogP contribution in [0.4, 0.5) is 0 Å². The Kier molecular flexibility index (Phi) is 6.67. The molecule has 190 valence electrons. The van der Waals surface area contributed by atoms with E-state index in [2.05, 4.69) is 73.9 Å². The molecule has 1 aliphatic rings. The van der Waals surface area contributed by atoms with Crippen LogP contribution in [0.1, 0.15) is 31.7 Å². The summed E-state index contributed by atoms with van der Waals surface area (Å²) in [4.78, 5) is 19.8. The number of pyridine rings is 2. The van der Waals surface area contributed by atoms with Gasteiger partial charge in [-0.1, -0.05) is 43.4 Å². The van der Waals surface area contributed by atoms with E-state index in [1.807, 2.05) is 30.5 Å². The number of aromatic nitrogens is 6. The van der Waals surface area contributed by atoms with Gasteiger partial charge >= 0.3 is 0 Å². The Morgan fingerprint density at radius 1 is 1.08 bits per heavy atom. The first-order valence-electron chi connectivity index (χ1n) is 13.2. The van der Waals surface area contributed by atoms with Crippen LogP contribution < -0.4 is 0 Å². The summed E-state index contributed by atoms with van der Waals surface area (Å²) in [5.41, 5.74) is 8.67. The number of rotatable bonds is 7. The van der Waals surface area contributed by atoms with Crippen molar-refractivity contribution in [2.24, 2.45) is 0 Å². The third-order valence-electron chi connectivity index (χ3n) is 7.22. The topological polar surface area (TPSA) is 86.4 Å². The average Bonchev–Trinajstić information content (AvgIpc) is 3.60. The molecule has 2 N–H and O–H groups in total. The number of fused-ring (bicyclic) bond motifs is 2. The van der Waals surface area contributed by atoms with Crippen LogP contribution in [0.25, 0.3) is 50.3 Å². The van der Waals surface area contributed by atoms with Crippen LogP contribution in [0.3, 0.4) is 0 Å². The van der Waals surface area contributed by atoms with Gasteiger partial charge in [0.2, 0.25) is 0 Å². The van der Waals surface area contributed by atoms with Crippen molar-refractivity contribution in [2.75, 3.05) is 19.6 Å². The van der Waals surface area contributed by atoms with Gasteiger partial charge in [-0.15, -0.1) is 0 Å². The summed E-state index contributed by atoms with van der Waals surface area (Å²) in [6.07, 6.45) is 15.7. The Balaban J connectivity index is 1.36. The molecule has 0 radical (unpaired) electrons. The van der Waals surface area contributed by atoms with Crippen molar-refractivity contribution in [3.8, 4) is 22.8 Å². The van der Waals surface area contributed by atoms with Gasteiger partial charge < -0.3 is 4.98 Å². The number of likely N-dealkylation sites (tertiary alicyclic amines) is 1. The highest BCUT2D eigenvalue weighted by molar-refractivity contribution is 5.97. The molecule has 5 aromatic rings. The fourth-order valence-corrected chi connectivity index (χ4v) is 5.21. The van der Waals surface area contributed by atoms with Crippen molar-refractivity contribution in [3.05, 3.63) is 90.9 Å². The first-order chi connectivity index (χ1) is 18.7. The van der Waals surface area contributed by atoms with Gasteiger partial charge in [-0.25, -0.2) is 4.98 Å². The third-order valence-corrected chi connectivity index (χ3v) is 7.22.